The molecule has 4 aliphatic rings. The Morgan fingerprint density at radius 2 is 1.83 bits per heavy atom. The van der Waals surface area contributed by atoms with Crippen molar-refractivity contribution in [1.82, 2.24) is 20.6 Å². The van der Waals surface area contributed by atoms with Gasteiger partial charge >= 0.3 is 0 Å². The number of anilines is 1. The average molecular weight is 602 g/mol. The number of rotatable bonds is 4. The fraction of sp³-hybridized carbons (Fsp3) is 0.552. The second-order valence-electron chi connectivity index (χ2n) is 12.6. The molecule has 218 valence electrons. The van der Waals surface area contributed by atoms with Crippen LogP contribution in [0.4, 0.5) is 5.69 Å². The number of halogens is 2. The SMILES string of the molecule is CC1(C)CCC2(CC1)N[C@@H](C(=O)N[C@@H]1CC[C@@H](C(N)=O)OC1)[C@H](c1ccnc(Cl)c1)[C@]21C(=O)Nc2cc(Cl)ncc21. The summed E-state index contributed by atoms with van der Waals surface area (Å²) in [5, 5.41) is 10.5. The zero-order valence-corrected chi connectivity index (χ0v) is 24.5. The molecule has 2 aromatic rings. The summed E-state index contributed by atoms with van der Waals surface area (Å²) in [5.41, 5.74) is 5.65. The zero-order chi connectivity index (χ0) is 29.2. The third kappa shape index (κ3) is 4.59. The van der Waals surface area contributed by atoms with Crippen molar-refractivity contribution < 1.29 is 19.1 Å². The summed E-state index contributed by atoms with van der Waals surface area (Å²) in [6, 6.07) is 4.14. The molecule has 1 saturated carbocycles. The van der Waals surface area contributed by atoms with Gasteiger partial charge in [0.05, 0.1) is 18.7 Å². The molecule has 3 aliphatic heterocycles. The molecule has 3 fully saturated rings. The molecule has 2 saturated heterocycles. The minimum Gasteiger partial charge on any atom is -0.367 e. The first-order chi connectivity index (χ1) is 19.5. The topological polar surface area (TPSA) is 148 Å². The third-order valence-corrected chi connectivity index (χ3v) is 10.1. The van der Waals surface area contributed by atoms with E-state index in [4.69, 9.17) is 33.7 Å². The van der Waals surface area contributed by atoms with Crippen LogP contribution in [0.15, 0.2) is 30.6 Å². The highest BCUT2D eigenvalue weighted by atomic mass is 35.5. The normalized spacial score (nSPS) is 31.6. The third-order valence-electron chi connectivity index (χ3n) is 9.68. The molecule has 0 radical (unpaired) electrons. The van der Waals surface area contributed by atoms with Crippen molar-refractivity contribution in [3.8, 4) is 0 Å². The van der Waals surface area contributed by atoms with Gasteiger partial charge in [-0.1, -0.05) is 37.0 Å². The predicted octanol–water partition coefficient (Wildman–Crippen LogP) is 3.22. The van der Waals surface area contributed by atoms with Crippen molar-refractivity contribution >= 4 is 46.6 Å². The number of hydrogen-bond donors (Lipinski definition) is 4. The Balaban J connectivity index is 1.46. The Kier molecular flexibility index (Phi) is 7.04. The van der Waals surface area contributed by atoms with Gasteiger partial charge in [0, 0.05) is 35.1 Å². The lowest BCUT2D eigenvalue weighted by molar-refractivity contribution is -0.134. The number of aromatic nitrogens is 2. The number of amides is 3. The van der Waals surface area contributed by atoms with E-state index in [0.29, 0.717) is 31.4 Å². The molecule has 2 spiro atoms. The maximum Gasteiger partial charge on any atom is 0.246 e. The van der Waals surface area contributed by atoms with Gasteiger partial charge in [0.15, 0.2) is 0 Å². The number of carbonyl (C=O) groups excluding carboxylic acids is 3. The number of nitrogens with one attached hydrogen (secondary N) is 3. The number of nitrogens with two attached hydrogens (primary N) is 1. The van der Waals surface area contributed by atoms with Crippen LogP contribution in [-0.4, -0.2) is 58.0 Å². The molecule has 41 heavy (non-hydrogen) atoms. The minimum absolute atomic E-state index is 0.0937. The molecule has 5 heterocycles. The Morgan fingerprint density at radius 3 is 2.49 bits per heavy atom. The van der Waals surface area contributed by atoms with Crippen LogP contribution in [0.5, 0.6) is 0 Å². The van der Waals surface area contributed by atoms with E-state index in [-0.39, 0.29) is 40.2 Å². The summed E-state index contributed by atoms with van der Waals surface area (Å²) in [7, 11) is 0. The molecule has 6 rings (SSSR count). The van der Waals surface area contributed by atoms with Crippen LogP contribution in [0.1, 0.15) is 69.4 Å². The van der Waals surface area contributed by atoms with Crippen LogP contribution >= 0.6 is 23.2 Å². The van der Waals surface area contributed by atoms with E-state index >= 15 is 0 Å². The van der Waals surface area contributed by atoms with E-state index in [1.165, 1.54) is 0 Å². The smallest absolute Gasteiger partial charge is 0.246 e. The van der Waals surface area contributed by atoms with Gasteiger partial charge in [0.2, 0.25) is 17.7 Å². The first kappa shape index (κ1) is 28.3. The van der Waals surface area contributed by atoms with Gasteiger partial charge in [0.25, 0.3) is 0 Å². The number of carbonyl (C=O) groups is 3. The summed E-state index contributed by atoms with van der Waals surface area (Å²) in [6.45, 7) is 4.64. The molecule has 12 heteroatoms. The van der Waals surface area contributed by atoms with Crippen LogP contribution in [0.25, 0.3) is 0 Å². The fourth-order valence-electron chi connectivity index (χ4n) is 7.56. The number of fused-ring (bicyclic) bond motifs is 3. The van der Waals surface area contributed by atoms with E-state index < -0.39 is 34.9 Å². The van der Waals surface area contributed by atoms with Crippen molar-refractivity contribution in [3.63, 3.8) is 0 Å². The van der Waals surface area contributed by atoms with Crippen LogP contribution < -0.4 is 21.7 Å². The zero-order valence-electron chi connectivity index (χ0n) is 23.0. The van der Waals surface area contributed by atoms with Gasteiger partial charge in [-0.05, 0) is 67.7 Å². The quantitative estimate of drug-likeness (QED) is 0.394. The summed E-state index contributed by atoms with van der Waals surface area (Å²) in [6.07, 6.45) is 6.69. The van der Waals surface area contributed by atoms with Crippen molar-refractivity contribution in [2.75, 3.05) is 11.9 Å². The lowest BCUT2D eigenvalue weighted by Gasteiger charge is -2.50. The number of hydrogen-bond acceptors (Lipinski definition) is 7. The molecule has 5 atom stereocenters. The predicted molar refractivity (Wildman–Crippen MR) is 154 cm³/mol. The summed E-state index contributed by atoms with van der Waals surface area (Å²) in [4.78, 5) is 48.8. The first-order valence-electron chi connectivity index (χ1n) is 14.0. The second-order valence-corrected chi connectivity index (χ2v) is 13.4. The van der Waals surface area contributed by atoms with Crippen LogP contribution in [-0.2, 0) is 24.5 Å². The molecule has 0 bridgehead atoms. The Labute approximate surface area is 248 Å². The molecule has 10 nitrogen and oxygen atoms in total. The van der Waals surface area contributed by atoms with Gasteiger partial charge in [-0.25, -0.2) is 9.97 Å². The number of ether oxygens (including phenoxy) is 1. The van der Waals surface area contributed by atoms with E-state index in [9.17, 15) is 14.4 Å². The lowest BCUT2D eigenvalue weighted by Crippen LogP contribution is -2.61. The summed E-state index contributed by atoms with van der Waals surface area (Å²) < 4.78 is 5.62. The largest absolute Gasteiger partial charge is 0.367 e. The van der Waals surface area contributed by atoms with Crippen molar-refractivity contribution in [3.05, 3.63) is 52.0 Å². The van der Waals surface area contributed by atoms with E-state index in [2.05, 4.69) is 39.8 Å². The molecule has 3 amide bonds. The molecular formula is C29H34Cl2N6O4. The van der Waals surface area contributed by atoms with E-state index in [0.717, 1.165) is 24.0 Å². The average Bonchev–Trinajstić information content (AvgIpc) is 3.38. The highest BCUT2D eigenvalue weighted by Crippen LogP contribution is 2.63. The molecule has 1 aliphatic carbocycles. The fourth-order valence-corrected chi connectivity index (χ4v) is 7.90. The standard InChI is InChI=1S/C29H34Cl2N6O4/c1-27(2)6-8-28(9-7-27)29(17-13-34-21(31)12-18(17)36-26(29)40)22(15-5-10-33-20(30)11-15)23(37-28)25(39)35-16-3-4-19(24(32)38)41-14-16/h5,10-13,16,19,22-23,37H,3-4,6-9,14H2,1-2H3,(H2,32,38)(H,35,39)(H,36,40)/t16-,19+,22+,23-,29-/m1/s1. The highest BCUT2D eigenvalue weighted by Gasteiger charge is 2.72. The second kappa shape index (κ2) is 10.2. The highest BCUT2D eigenvalue weighted by molar-refractivity contribution is 6.30. The number of pyridine rings is 2. The minimum atomic E-state index is -1.16. The van der Waals surface area contributed by atoms with Gasteiger partial charge in [0.1, 0.15) is 21.8 Å². The maximum atomic E-state index is 14.5. The molecule has 2 aromatic heterocycles. The molecule has 5 N–H and O–H groups in total. The van der Waals surface area contributed by atoms with Crippen molar-refractivity contribution in [1.29, 1.82) is 0 Å². The van der Waals surface area contributed by atoms with Crippen LogP contribution in [0.2, 0.25) is 10.3 Å². The van der Waals surface area contributed by atoms with E-state index in [1.54, 1.807) is 24.5 Å². The van der Waals surface area contributed by atoms with Crippen molar-refractivity contribution in [2.45, 2.75) is 87.4 Å². The molecule has 0 aromatic carbocycles. The van der Waals surface area contributed by atoms with Gasteiger partial charge < -0.3 is 21.1 Å². The Morgan fingerprint density at radius 1 is 1.10 bits per heavy atom. The van der Waals surface area contributed by atoms with Gasteiger partial charge in [-0.2, -0.15) is 0 Å². The molecule has 0 unspecified atom stereocenters. The van der Waals surface area contributed by atoms with Crippen molar-refractivity contribution in [2.24, 2.45) is 11.1 Å². The summed E-state index contributed by atoms with van der Waals surface area (Å²) >= 11 is 12.7. The number of primary amides is 1. The van der Waals surface area contributed by atoms with Crippen LogP contribution in [0.3, 0.4) is 0 Å². The van der Waals surface area contributed by atoms with Gasteiger partial charge in [-0.3, -0.25) is 19.7 Å². The monoisotopic (exact) mass is 600 g/mol. The Bertz CT molecular complexity index is 1400. The van der Waals surface area contributed by atoms with E-state index in [1.807, 2.05) is 6.07 Å². The Hall–Kier alpha value is -2.79. The lowest BCUT2D eigenvalue weighted by atomic mass is 9.53. The summed E-state index contributed by atoms with van der Waals surface area (Å²) in [5.74, 6) is -1.58. The maximum absolute atomic E-state index is 14.5. The first-order valence-corrected chi connectivity index (χ1v) is 14.8. The van der Waals surface area contributed by atoms with Gasteiger partial charge in [-0.15, -0.1) is 0 Å². The number of nitrogens with zero attached hydrogens (tertiary/aromatic N) is 2. The molecular weight excluding hydrogens is 567 g/mol. The van der Waals surface area contributed by atoms with Crippen LogP contribution in [0, 0.1) is 5.41 Å².